The SMILES string of the molecule is CCCC(=O)N1CCC(Cc2ccc(-c3cccs3)cc2)(C(=O)NCC)C1. The quantitative estimate of drug-likeness (QED) is 0.781. The van der Waals surface area contributed by atoms with E-state index >= 15 is 0 Å². The highest BCUT2D eigenvalue weighted by Crippen LogP contribution is 2.36. The van der Waals surface area contributed by atoms with Crippen molar-refractivity contribution >= 4 is 23.2 Å². The molecule has 0 radical (unpaired) electrons. The number of rotatable bonds is 7. The van der Waals surface area contributed by atoms with Gasteiger partial charge in [-0.15, -0.1) is 11.3 Å². The van der Waals surface area contributed by atoms with Crippen molar-refractivity contribution in [3.05, 3.63) is 47.3 Å². The number of carbonyl (C=O) groups excluding carboxylic acids is 2. The van der Waals surface area contributed by atoms with Gasteiger partial charge in [-0.3, -0.25) is 9.59 Å². The van der Waals surface area contributed by atoms with Gasteiger partial charge in [-0.2, -0.15) is 0 Å². The minimum atomic E-state index is -0.524. The molecular formula is C22H28N2O2S. The summed E-state index contributed by atoms with van der Waals surface area (Å²) in [6.45, 7) is 5.75. The highest BCUT2D eigenvalue weighted by atomic mass is 32.1. The number of amides is 2. The van der Waals surface area contributed by atoms with Crippen molar-refractivity contribution in [2.24, 2.45) is 5.41 Å². The molecule has 1 fully saturated rings. The van der Waals surface area contributed by atoms with Crippen LogP contribution in [0.1, 0.15) is 38.7 Å². The molecule has 1 aliphatic rings. The molecule has 1 N–H and O–H groups in total. The third kappa shape index (κ3) is 4.41. The van der Waals surface area contributed by atoms with Gasteiger partial charge in [0, 0.05) is 30.9 Å². The first kappa shape index (κ1) is 19.6. The van der Waals surface area contributed by atoms with E-state index in [-0.39, 0.29) is 11.8 Å². The normalized spacial score (nSPS) is 19.3. The lowest BCUT2D eigenvalue weighted by Gasteiger charge is -2.28. The molecule has 1 saturated heterocycles. The largest absolute Gasteiger partial charge is 0.356 e. The van der Waals surface area contributed by atoms with Gasteiger partial charge >= 0.3 is 0 Å². The molecule has 2 aromatic rings. The van der Waals surface area contributed by atoms with Crippen LogP contribution >= 0.6 is 11.3 Å². The van der Waals surface area contributed by atoms with Gasteiger partial charge in [-0.05, 0) is 48.8 Å². The number of nitrogens with zero attached hydrogens (tertiary/aromatic N) is 1. The zero-order chi connectivity index (χ0) is 19.3. The Morgan fingerprint density at radius 2 is 1.96 bits per heavy atom. The van der Waals surface area contributed by atoms with E-state index in [0.717, 1.165) is 18.4 Å². The van der Waals surface area contributed by atoms with Gasteiger partial charge in [0.15, 0.2) is 0 Å². The summed E-state index contributed by atoms with van der Waals surface area (Å²) >= 11 is 1.73. The summed E-state index contributed by atoms with van der Waals surface area (Å²) in [5.41, 5.74) is 1.82. The number of nitrogens with one attached hydrogen (secondary N) is 1. The molecule has 2 amide bonds. The fourth-order valence-corrected chi connectivity index (χ4v) is 4.57. The Labute approximate surface area is 165 Å². The zero-order valence-corrected chi connectivity index (χ0v) is 17.0. The number of likely N-dealkylation sites (tertiary alicyclic amines) is 1. The molecule has 1 aliphatic heterocycles. The summed E-state index contributed by atoms with van der Waals surface area (Å²) in [5.74, 6) is 0.232. The van der Waals surface area contributed by atoms with E-state index in [1.807, 2.05) is 18.7 Å². The van der Waals surface area contributed by atoms with Gasteiger partial charge in [-0.1, -0.05) is 37.3 Å². The second-order valence-electron chi connectivity index (χ2n) is 7.31. The molecule has 0 bridgehead atoms. The number of carbonyl (C=O) groups is 2. The lowest BCUT2D eigenvalue weighted by Crippen LogP contribution is -2.45. The number of hydrogen-bond acceptors (Lipinski definition) is 3. The van der Waals surface area contributed by atoms with E-state index in [0.29, 0.717) is 32.5 Å². The lowest BCUT2D eigenvalue weighted by atomic mass is 9.79. The van der Waals surface area contributed by atoms with Crippen molar-refractivity contribution in [1.82, 2.24) is 10.2 Å². The second kappa shape index (κ2) is 8.70. The maximum Gasteiger partial charge on any atom is 0.228 e. The van der Waals surface area contributed by atoms with Crippen LogP contribution in [0.4, 0.5) is 0 Å². The summed E-state index contributed by atoms with van der Waals surface area (Å²) in [6, 6.07) is 12.7. The molecule has 3 rings (SSSR count). The van der Waals surface area contributed by atoms with E-state index in [9.17, 15) is 9.59 Å². The highest BCUT2D eigenvalue weighted by Gasteiger charge is 2.45. The molecule has 144 valence electrons. The molecule has 1 aromatic carbocycles. The Morgan fingerprint density at radius 3 is 2.59 bits per heavy atom. The van der Waals surface area contributed by atoms with E-state index in [1.54, 1.807) is 11.3 Å². The monoisotopic (exact) mass is 384 g/mol. The van der Waals surface area contributed by atoms with Crippen LogP contribution in [0.5, 0.6) is 0 Å². The van der Waals surface area contributed by atoms with Crippen molar-refractivity contribution in [2.75, 3.05) is 19.6 Å². The zero-order valence-electron chi connectivity index (χ0n) is 16.2. The Morgan fingerprint density at radius 1 is 1.19 bits per heavy atom. The molecule has 0 aliphatic carbocycles. The van der Waals surface area contributed by atoms with Crippen molar-refractivity contribution in [1.29, 1.82) is 0 Å². The van der Waals surface area contributed by atoms with Crippen LogP contribution in [0.25, 0.3) is 10.4 Å². The molecule has 1 atom stereocenters. The van der Waals surface area contributed by atoms with Crippen molar-refractivity contribution < 1.29 is 9.59 Å². The minimum Gasteiger partial charge on any atom is -0.356 e. The fraction of sp³-hybridized carbons (Fsp3) is 0.455. The minimum absolute atomic E-state index is 0.0686. The Balaban J connectivity index is 1.78. The average Bonchev–Trinajstić information content (AvgIpc) is 3.34. The first-order valence-corrected chi connectivity index (χ1v) is 10.6. The summed E-state index contributed by atoms with van der Waals surface area (Å²) in [7, 11) is 0. The van der Waals surface area contributed by atoms with Crippen LogP contribution in [0.2, 0.25) is 0 Å². The van der Waals surface area contributed by atoms with Gasteiger partial charge < -0.3 is 10.2 Å². The van der Waals surface area contributed by atoms with Crippen LogP contribution < -0.4 is 5.32 Å². The molecule has 1 unspecified atom stereocenters. The van der Waals surface area contributed by atoms with Crippen LogP contribution in [0.3, 0.4) is 0 Å². The molecule has 1 aromatic heterocycles. The van der Waals surface area contributed by atoms with Gasteiger partial charge in [-0.25, -0.2) is 0 Å². The maximum absolute atomic E-state index is 12.9. The summed E-state index contributed by atoms with van der Waals surface area (Å²) in [4.78, 5) is 28.4. The predicted octanol–water partition coefficient (Wildman–Crippen LogP) is 4.11. The number of thiophene rings is 1. The van der Waals surface area contributed by atoms with E-state index in [2.05, 4.69) is 47.1 Å². The predicted molar refractivity (Wildman–Crippen MR) is 111 cm³/mol. The van der Waals surface area contributed by atoms with Crippen LogP contribution in [-0.4, -0.2) is 36.3 Å². The number of benzene rings is 1. The number of hydrogen-bond donors (Lipinski definition) is 1. The Hall–Kier alpha value is -2.14. The molecule has 27 heavy (non-hydrogen) atoms. The first-order valence-electron chi connectivity index (χ1n) is 9.77. The van der Waals surface area contributed by atoms with Crippen LogP contribution in [0.15, 0.2) is 41.8 Å². The van der Waals surface area contributed by atoms with Gasteiger partial charge in [0.25, 0.3) is 0 Å². The Bertz CT molecular complexity index is 770. The van der Waals surface area contributed by atoms with E-state index in [4.69, 9.17) is 0 Å². The van der Waals surface area contributed by atoms with Crippen LogP contribution in [0, 0.1) is 5.41 Å². The molecule has 0 saturated carbocycles. The molecule has 0 spiro atoms. The van der Waals surface area contributed by atoms with Crippen LogP contribution in [-0.2, 0) is 16.0 Å². The van der Waals surface area contributed by atoms with Crippen molar-refractivity contribution in [3.63, 3.8) is 0 Å². The average molecular weight is 385 g/mol. The standard InChI is InChI=1S/C22H28N2O2S/c1-3-6-20(25)24-13-12-22(16-24,21(26)23-4-2)15-17-8-10-18(11-9-17)19-7-5-14-27-19/h5,7-11,14H,3-4,6,12-13,15-16H2,1-2H3,(H,23,26). The summed E-state index contributed by atoms with van der Waals surface area (Å²) < 4.78 is 0. The van der Waals surface area contributed by atoms with Crippen molar-refractivity contribution in [3.8, 4) is 10.4 Å². The lowest BCUT2D eigenvalue weighted by molar-refractivity contribution is -0.133. The highest BCUT2D eigenvalue weighted by molar-refractivity contribution is 7.13. The van der Waals surface area contributed by atoms with Crippen molar-refractivity contribution in [2.45, 2.75) is 39.5 Å². The summed E-state index contributed by atoms with van der Waals surface area (Å²) in [5, 5.41) is 5.08. The van der Waals surface area contributed by atoms with Gasteiger partial charge in [0.2, 0.25) is 11.8 Å². The molecule has 4 nitrogen and oxygen atoms in total. The third-order valence-electron chi connectivity index (χ3n) is 5.29. The topological polar surface area (TPSA) is 49.4 Å². The maximum atomic E-state index is 12.9. The van der Waals surface area contributed by atoms with E-state index < -0.39 is 5.41 Å². The van der Waals surface area contributed by atoms with E-state index in [1.165, 1.54) is 10.4 Å². The second-order valence-corrected chi connectivity index (χ2v) is 8.25. The smallest absolute Gasteiger partial charge is 0.228 e. The molecular weight excluding hydrogens is 356 g/mol. The summed E-state index contributed by atoms with van der Waals surface area (Å²) in [6.07, 6.45) is 2.79. The Kier molecular flexibility index (Phi) is 6.32. The molecule has 5 heteroatoms. The van der Waals surface area contributed by atoms with Gasteiger partial charge in [0.05, 0.1) is 5.41 Å². The third-order valence-corrected chi connectivity index (χ3v) is 6.21. The van der Waals surface area contributed by atoms with Gasteiger partial charge in [0.1, 0.15) is 0 Å². The first-order chi connectivity index (χ1) is 13.1. The fourth-order valence-electron chi connectivity index (χ4n) is 3.84. The molecule has 2 heterocycles.